The van der Waals surface area contributed by atoms with Crippen molar-refractivity contribution >= 4 is 5.97 Å². The van der Waals surface area contributed by atoms with Gasteiger partial charge in [0.05, 0.1) is 7.11 Å². The number of hydrogen-bond donors (Lipinski definition) is 0. The third kappa shape index (κ3) is 9.12. The molecule has 0 heterocycles. The summed E-state index contributed by atoms with van der Waals surface area (Å²) in [5, 5.41) is 0. The molecule has 0 spiro atoms. The van der Waals surface area contributed by atoms with E-state index >= 15 is 0 Å². The van der Waals surface area contributed by atoms with Gasteiger partial charge in [-0.3, -0.25) is 4.79 Å². The Hall–Kier alpha value is -0.970. The van der Waals surface area contributed by atoms with Gasteiger partial charge in [0.15, 0.2) is 0 Å². The summed E-state index contributed by atoms with van der Waals surface area (Å²) in [6.07, 6.45) is 6.79. The molecule has 0 amide bonds. The predicted octanol–water partition coefficient (Wildman–Crippen LogP) is 2.91. The highest BCUT2D eigenvalue weighted by Gasteiger charge is 1.96. The number of methoxy groups -OCH3 is 1. The predicted molar refractivity (Wildman–Crippen MR) is 57.8 cm³/mol. The van der Waals surface area contributed by atoms with Gasteiger partial charge in [-0.2, -0.15) is 0 Å². The highest BCUT2D eigenvalue weighted by Crippen LogP contribution is 1.98. The Bertz CT molecular complexity index is 198. The maximum Gasteiger partial charge on any atom is 0.305 e. The van der Waals surface area contributed by atoms with Crippen molar-refractivity contribution in [1.29, 1.82) is 0 Å². The van der Waals surface area contributed by atoms with Crippen molar-refractivity contribution < 1.29 is 9.53 Å². The van der Waals surface area contributed by atoms with Crippen LogP contribution in [-0.2, 0) is 9.53 Å². The van der Waals surface area contributed by atoms with E-state index in [9.17, 15) is 4.79 Å². The molecule has 0 saturated carbocycles. The summed E-state index contributed by atoms with van der Waals surface area (Å²) in [6.45, 7) is 2.18. The zero-order valence-electron chi connectivity index (χ0n) is 9.27. The van der Waals surface area contributed by atoms with Crippen LogP contribution in [0, 0.1) is 11.8 Å². The maximum atomic E-state index is 10.7. The van der Waals surface area contributed by atoms with Gasteiger partial charge in [-0.05, 0) is 12.8 Å². The van der Waals surface area contributed by atoms with E-state index in [1.807, 2.05) is 0 Å². The van der Waals surface area contributed by atoms with Gasteiger partial charge in [0.25, 0.3) is 0 Å². The molecule has 0 bridgehead atoms. The van der Waals surface area contributed by atoms with Crippen molar-refractivity contribution in [1.82, 2.24) is 0 Å². The second kappa shape index (κ2) is 10.1. The zero-order chi connectivity index (χ0) is 10.6. The van der Waals surface area contributed by atoms with Gasteiger partial charge in [0, 0.05) is 19.3 Å². The summed E-state index contributed by atoms with van der Waals surface area (Å²) in [5.74, 6) is 6.03. The number of rotatable bonds is 6. The van der Waals surface area contributed by atoms with Gasteiger partial charge in [0.1, 0.15) is 0 Å². The Morgan fingerprint density at radius 3 is 2.36 bits per heavy atom. The van der Waals surface area contributed by atoms with E-state index in [4.69, 9.17) is 0 Å². The molecule has 0 unspecified atom stereocenters. The molecule has 80 valence electrons. The van der Waals surface area contributed by atoms with Crippen LogP contribution in [0.4, 0.5) is 0 Å². The minimum atomic E-state index is -0.141. The highest BCUT2D eigenvalue weighted by atomic mass is 16.5. The number of carbonyl (C=O) groups excluding carboxylic acids is 1. The molecule has 0 aliphatic rings. The SMILES string of the molecule is CCCCCC#CCCCC(=O)OC. The average molecular weight is 196 g/mol. The van der Waals surface area contributed by atoms with E-state index in [1.54, 1.807) is 0 Å². The lowest BCUT2D eigenvalue weighted by Gasteiger charge is -1.94. The molecule has 0 aliphatic carbocycles. The molecule has 2 nitrogen and oxygen atoms in total. The third-order valence-electron chi connectivity index (χ3n) is 1.94. The van der Waals surface area contributed by atoms with Crippen LogP contribution in [0.3, 0.4) is 0 Å². The van der Waals surface area contributed by atoms with E-state index in [0.29, 0.717) is 6.42 Å². The molecular formula is C12H20O2. The molecular weight excluding hydrogens is 176 g/mol. The van der Waals surface area contributed by atoms with Gasteiger partial charge in [-0.1, -0.05) is 19.8 Å². The lowest BCUT2D eigenvalue weighted by molar-refractivity contribution is -0.140. The molecule has 0 fully saturated rings. The van der Waals surface area contributed by atoms with Crippen LogP contribution in [0.2, 0.25) is 0 Å². The number of ether oxygens (including phenoxy) is 1. The smallest absolute Gasteiger partial charge is 0.305 e. The molecule has 0 aliphatic heterocycles. The minimum Gasteiger partial charge on any atom is -0.469 e. The largest absolute Gasteiger partial charge is 0.469 e. The molecule has 0 N–H and O–H groups in total. The van der Waals surface area contributed by atoms with Crippen molar-refractivity contribution in [3.8, 4) is 11.8 Å². The van der Waals surface area contributed by atoms with Crippen LogP contribution in [0.1, 0.15) is 51.9 Å². The average Bonchev–Trinajstić information content (AvgIpc) is 2.21. The van der Waals surface area contributed by atoms with Crippen LogP contribution in [0.5, 0.6) is 0 Å². The van der Waals surface area contributed by atoms with E-state index in [-0.39, 0.29) is 5.97 Å². The Morgan fingerprint density at radius 2 is 1.79 bits per heavy atom. The molecule has 0 aromatic carbocycles. The third-order valence-corrected chi connectivity index (χ3v) is 1.94. The maximum absolute atomic E-state index is 10.7. The van der Waals surface area contributed by atoms with Crippen molar-refractivity contribution in [2.75, 3.05) is 7.11 Å². The lowest BCUT2D eigenvalue weighted by atomic mass is 10.2. The second-order valence-electron chi connectivity index (χ2n) is 3.24. The van der Waals surface area contributed by atoms with Gasteiger partial charge >= 0.3 is 5.97 Å². The minimum absolute atomic E-state index is 0.141. The van der Waals surface area contributed by atoms with Crippen molar-refractivity contribution in [3.63, 3.8) is 0 Å². The van der Waals surface area contributed by atoms with Crippen LogP contribution in [-0.4, -0.2) is 13.1 Å². The Balaban J connectivity index is 3.21. The summed E-state index contributed by atoms with van der Waals surface area (Å²) in [7, 11) is 1.42. The second-order valence-corrected chi connectivity index (χ2v) is 3.24. The standard InChI is InChI=1S/C12H20O2/c1-3-4-5-6-7-8-9-10-11-12(13)14-2/h3-6,9-11H2,1-2H3. The van der Waals surface area contributed by atoms with Crippen molar-refractivity contribution in [3.05, 3.63) is 0 Å². The Kier molecular flexibility index (Phi) is 9.41. The number of hydrogen-bond acceptors (Lipinski definition) is 2. The van der Waals surface area contributed by atoms with E-state index in [2.05, 4.69) is 23.5 Å². The van der Waals surface area contributed by atoms with Crippen molar-refractivity contribution in [2.24, 2.45) is 0 Å². The highest BCUT2D eigenvalue weighted by molar-refractivity contribution is 5.69. The number of esters is 1. The summed E-state index contributed by atoms with van der Waals surface area (Å²) < 4.78 is 4.52. The first-order valence-corrected chi connectivity index (χ1v) is 5.33. The molecule has 0 radical (unpaired) electrons. The monoisotopic (exact) mass is 196 g/mol. The zero-order valence-corrected chi connectivity index (χ0v) is 9.27. The number of unbranched alkanes of at least 4 members (excludes halogenated alkanes) is 4. The summed E-state index contributed by atoms with van der Waals surface area (Å²) in [4.78, 5) is 10.7. The fourth-order valence-corrected chi connectivity index (χ4v) is 1.06. The van der Waals surface area contributed by atoms with E-state index in [0.717, 1.165) is 19.3 Å². The quantitative estimate of drug-likeness (QED) is 0.371. The molecule has 0 rings (SSSR count). The normalized spacial score (nSPS) is 9.00. The first kappa shape index (κ1) is 13.0. The van der Waals surface area contributed by atoms with E-state index < -0.39 is 0 Å². The van der Waals surface area contributed by atoms with Gasteiger partial charge in [-0.15, -0.1) is 11.8 Å². The van der Waals surface area contributed by atoms with Crippen LogP contribution < -0.4 is 0 Å². The van der Waals surface area contributed by atoms with E-state index in [1.165, 1.54) is 26.4 Å². The lowest BCUT2D eigenvalue weighted by Crippen LogP contribution is -1.98. The van der Waals surface area contributed by atoms with Gasteiger partial charge in [-0.25, -0.2) is 0 Å². The first-order chi connectivity index (χ1) is 6.81. The molecule has 0 aromatic rings. The Labute approximate surface area is 87.0 Å². The van der Waals surface area contributed by atoms with Crippen LogP contribution in [0.25, 0.3) is 0 Å². The van der Waals surface area contributed by atoms with Crippen LogP contribution >= 0.6 is 0 Å². The van der Waals surface area contributed by atoms with Gasteiger partial charge < -0.3 is 4.74 Å². The summed E-state index contributed by atoms with van der Waals surface area (Å²) >= 11 is 0. The van der Waals surface area contributed by atoms with Crippen molar-refractivity contribution in [2.45, 2.75) is 51.9 Å². The number of carbonyl (C=O) groups is 1. The fourth-order valence-electron chi connectivity index (χ4n) is 1.06. The first-order valence-electron chi connectivity index (χ1n) is 5.33. The molecule has 0 atom stereocenters. The molecule has 0 saturated heterocycles. The molecule has 0 aromatic heterocycles. The van der Waals surface area contributed by atoms with Crippen LogP contribution in [0.15, 0.2) is 0 Å². The molecule has 2 heteroatoms. The summed E-state index contributed by atoms with van der Waals surface area (Å²) in [5.41, 5.74) is 0. The summed E-state index contributed by atoms with van der Waals surface area (Å²) in [6, 6.07) is 0. The molecule has 14 heavy (non-hydrogen) atoms. The Morgan fingerprint density at radius 1 is 1.14 bits per heavy atom. The van der Waals surface area contributed by atoms with Gasteiger partial charge in [0.2, 0.25) is 0 Å². The fraction of sp³-hybridized carbons (Fsp3) is 0.750. The topological polar surface area (TPSA) is 26.3 Å².